The highest BCUT2D eigenvalue weighted by molar-refractivity contribution is 14.0. The van der Waals surface area contributed by atoms with Crippen molar-refractivity contribution in [3.05, 3.63) is 28.8 Å². The van der Waals surface area contributed by atoms with Crippen LogP contribution in [0.15, 0.2) is 23.2 Å². The van der Waals surface area contributed by atoms with E-state index in [0.717, 1.165) is 17.7 Å². The van der Waals surface area contributed by atoms with E-state index in [-0.39, 0.29) is 29.9 Å². The molecule has 1 aromatic carbocycles. The number of aliphatic imine (C=N–C) groups is 1. The maximum absolute atomic E-state index is 11.2. The number of halogens is 2. The molecule has 0 saturated heterocycles. The van der Waals surface area contributed by atoms with Crippen LogP contribution < -0.4 is 15.4 Å². The van der Waals surface area contributed by atoms with E-state index in [0.29, 0.717) is 43.5 Å². The zero-order valence-electron chi connectivity index (χ0n) is 14.9. The molecule has 0 aliphatic rings. The van der Waals surface area contributed by atoms with Gasteiger partial charge in [0.15, 0.2) is 5.96 Å². The lowest BCUT2D eigenvalue weighted by Crippen LogP contribution is -2.38. The van der Waals surface area contributed by atoms with Crippen molar-refractivity contribution in [2.45, 2.75) is 26.2 Å². The molecule has 6 nitrogen and oxygen atoms in total. The predicted molar refractivity (Wildman–Crippen MR) is 112 cm³/mol. The number of esters is 1. The van der Waals surface area contributed by atoms with E-state index in [1.54, 1.807) is 27.1 Å². The summed E-state index contributed by atoms with van der Waals surface area (Å²) in [7, 11) is 3.32. The van der Waals surface area contributed by atoms with Crippen LogP contribution in [0.3, 0.4) is 0 Å². The van der Waals surface area contributed by atoms with E-state index in [9.17, 15) is 4.79 Å². The van der Waals surface area contributed by atoms with Crippen molar-refractivity contribution in [1.29, 1.82) is 0 Å². The van der Waals surface area contributed by atoms with Crippen molar-refractivity contribution >= 4 is 47.5 Å². The molecule has 0 radical (unpaired) electrons. The number of hydrogen-bond acceptors (Lipinski definition) is 4. The molecule has 142 valence electrons. The van der Waals surface area contributed by atoms with E-state index in [1.807, 2.05) is 12.1 Å². The Kier molecular flexibility index (Phi) is 13.3. The topological polar surface area (TPSA) is 72.0 Å². The van der Waals surface area contributed by atoms with Gasteiger partial charge in [-0.2, -0.15) is 0 Å². The van der Waals surface area contributed by atoms with Gasteiger partial charge in [0, 0.05) is 31.6 Å². The summed E-state index contributed by atoms with van der Waals surface area (Å²) in [5, 5.41) is 7.07. The third kappa shape index (κ3) is 9.74. The summed E-state index contributed by atoms with van der Waals surface area (Å²) in [6.45, 7) is 3.58. The average molecular weight is 484 g/mol. The summed E-state index contributed by atoms with van der Waals surface area (Å²) >= 11 is 6.22. The number of guanidine groups is 1. The summed E-state index contributed by atoms with van der Waals surface area (Å²) in [6.07, 6.45) is 1.87. The Morgan fingerprint density at radius 2 is 2.00 bits per heavy atom. The van der Waals surface area contributed by atoms with Gasteiger partial charge in [-0.1, -0.05) is 17.7 Å². The maximum Gasteiger partial charge on any atom is 0.305 e. The SMILES string of the molecule is CCOC(=O)CCCNC(=NC)NCCc1ccc(OC)cc1Cl.I. The van der Waals surface area contributed by atoms with Gasteiger partial charge in [0.05, 0.1) is 13.7 Å². The zero-order valence-corrected chi connectivity index (χ0v) is 18.0. The van der Waals surface area contributed by atoms with Gasteiger partial charge in [-0.15, -0.1) is 24.0 Å². The minimum atomic E-state index is -0.170. The van der Waals surface area contributed by atoms with Crippen molar-refractivity contribution < 1.29 is 14.3 Å². The first-order valence-corrected chi connectivity index (χ1v) is 8.41. The number of benzene rings is 1. The van der Waals surface area contributed by atoms with Gasteiger partial charge in [0.2, 0.25) is 0 Å². The molecule has 8 heteroatoms. The molecule has 0 aliphatic heterocycles. The van der Waals surface area contributed by atoms with Gasteiger partial charge in [-0.3, -0.25) is 9.79 Å². The van der Waals surface area contributed by atoms with Crippen LogP contribution in [-0.4, -0.2) is 45.8 Å². The second kappa shape index (κ2) is 14.0. The molecule has 2 N–H and O–H groups in total. The summed E-state index contributed by atoms with van der Waals surface area (Å²) in [6, 6.07) is 5.65. The Balaban J connectivity index is 0.00000576. The average Bonchev–Trinajstić information content (AvgIpc) is 2.58. The second-order valence-corrected chi connectivity index (χ2v) is 5.45. The van der Waals surface area contributed by atoms with Crippen LogP contribution in [0.1, 0.15) is 25.3 Å². The van der Waals surface area contributed by atoms with Crippen LogP contribution in [0.2, 0.25) is 5.02 Å². The summed E-state index contributed by atoms with van der Waals surface area (Å²) in [4.78, 5) is 15.4. The Labute approximate surface area is 171 Å². The number of carbonyl (C=O) groups is 1. The summed E-state index contributed by atoms with van der Waals surface area (Å²) in [5.74, 6) is 1.27. The van der Waals surface area contributed by atoms with E-state index in [2.05, 4.69) is 15.6 Å². The smallest absolute Gasteiger partial charge is 0.305 e. The highest BCUT2D eigenvalue weighted by Gasteiger charge is 2.04. The number of nitrogens with zero attached hydrogens (tertiary/aromatic N) is 1. The molecule has 0 amide bonds. The fourth-order valence-electron chi connectivity index (χ4n) is 2.07. The van der Waals surface area contributed by atoms with Crippen LogP contribution in [-0.2, 0) is 16.0 Å². The Morgan fingerprint density at radius 1 is 1.28 bits per heavy atom. The normalized spacial score (nSPS) is 10.6. The van der Waals surface area contributed by atoms with Gasteiger partial charge >= 0.3 is 5.97 Å². The van der Waals surface area contributed by atoms with Crippen molar-refractivity contribution in [3.8, 4) is 5.75 Å². The molecule has 0 bridgehead atoms. The predicted octanol–water partition coefficient (Wildman–Crippen LogP) is 3.02. The quantitative estimate of drug-likeness (QED) is 0.186. The number of methoxy groups -OCH3 is 1. The number of hydrogen-bond donors (Lipinski definition) is 2. The third-order valence-corrected chi connectivity index (χ3v) is 3.68. The Morgan fingerprint density at radius 3 is 2.60 bits per heavy atom. The van der Waals surface area contributed by atoms with Crippen LogP contribution in [0.4, 0.5) is 0 Å². The summed E-state index contributed by atoms with van der Waals surface area (Å²) in [5.41, 5.74) is 1.04. The molecule has 0 aromatic heterocycles. The number of carbonyl (C=O) groups excluding carboxylic acids is 1. The van der Waals surface area contributed by atoms with E-state index < -0.39 is 0 Å². The molecule has 0 aliphatic carbocycles. The molecule has 0 saturated carbocycles. The molecule has 1 rings (SSSR count). The van der Waals surface area contributed by atoms with E-state index >= 15 is 0 Å². The van der Waals surface area contributed by atoms with Crippen molar-refractivity contribution in [3.63, 3.8) is 0 Å². The summed E-state index contributed by atoms with van der Waals surface area (Å²) < 4.78 is 10.0. The van der Waals surface area contributed by atoms with Crippen LogP contribution in [0.5, 0.6) is 5.75 Å². The first kappa shape index (κ1) is 23.8. The molecule has 1 aromatic rings. The number of ether oxygens (including phenoxy) is 2. The molecule has 0 fully saturated rings. The lowest BCUT2D eigenvalue weighted by molar-refractivity contribution is -0.143. The standard InChI is InChI=1S/C17H26ClN3O3.HI/c1-4-24-16(22)6-5-10-20-17(19-2)21-11-9-13-7-8-14(23-3)12-15(13)18;/h7-8,12H,4-6,9-11H2,1-3H3,(H2,19,20,21);1H. The van der Waals surface area contributed by atoms with Gasteiger partial charge in [0.25, 0.3) is 0 Å². The zero-order chi connectivity index (χ0) is 17.8. The molecule has 0 unspecified atom stereocenters. The lowest BCUT2D eigenvalue weighted by atomic mass is 10.1. The minimum absolute atomic E-state index is 0. The van der Waals surface area contributed by atoms with Gasteiger partial charge < -0.3 is 20.1 Å². The maximum atomic E-state index is 11.2. The minimum Gasteiger partial charge on any atom is -0.497 e. The van der Waals surface area contributed by atoms with Crippen LogP contribution >= 0.6 is 35.6 Å². The first-order valence-electron chi connectivity index (χ1n) is 8.03. The molecular formula is C17H27ClIN3O3. The van der Waals surface area contributed by atoms with Gasteiger partial charge in [-0.05, 0) is 37.5 Å². The molecule has 0 spiro atoms. The molecule has 25 heavy (non-hydrogen) atoms. The number of nitrogens with one attached hydrogen (secondary N) is 2. The molecule has 0 atom stereocenters. The lowest BCUT2D eigenvalue weighted by Gasteiger charge is -2.12. The number of rotatable bonds is 9. The van der Waals surface area contributed by atoms with Gasteiger partial charge in [0.1, 0.15) is 5.75 Å². The molecular weight excluding hydrogens is 457 g/mol. The highest BCUT2D eigenvalue weighted by Crippen LogP contribution is 2.22. The third-order valence-electron chi connectivity index (χ3n) is 3.33. The van der Waals surface area contributed by atoms with Crippen molar-refractivity contribution in [2.75, 3.05) is 33.9 Å². The first-order chi connectivity index (χ1) is 11.6. The Hall–Kier alpha value is -1.22. The van der Waals surface area contributed by atoms with Gasteiger partial charge in [-0.25, -0.2) is 0 Å². The fraction of sp³-hybridized carbons (Fsp3) is 0.529. The Bertz CT molecular complexity index is 556. The van der Waals surface area contributed by atoms with Crippen LogP contribution in [0, 0.1) is 0 Å². The largest absolute Gasteiger partial charge is 0.497 e. The van der Waals surface area contributed by atoms with Crippen LogP contribution in [0.25, 0.3) is 0 Å². The van der Waals surface area contributed by atoms with Crippen molar-refractivity contribution in [1.82, 2.24) is 10.6 Å². The monoisotopic (exact) mass is 483 g/mol. The van der Waals surface area contributed by atoms with Crippen molar-refractivity contribution in [2.24, 2.45) is 4.99 Å². The van der Waals surface area contributed by atoms with E-state index in [1.165, 1.54) is 0 Å². The molecule has 0 heterocycles. The second-order valence-electron chi connectivity index (χ2n) is 5.04. The fourth-order valence-corrected chi connectivity index (χ4v) is 2.33. The highest BCUT2D eigenvalue weighted by atomic mass is 127. The van der Waals surface area contributed by atoms with E-state index in [4.69, 9.17) is 21.1 Å².